The first-order chi connectivity index (χ1) is 7.54. The van der Waals surface area contributed by atoms with E-state index in [-0.39, 0.29) is 17.9 Å². The lowest BCUT2D eigenvalue weighted by atomic mass is 10.0. The van der Waals surface area contributed by atoms with Crippen LogP contribution in [-0.4, -0.2) is 38.3 Å². The molecule has 1 saturated carbocycles. The Labute approximate surface area is 106 Å². The summed E-state index contributed by atoms with van der Waals surface area (Å²) in [5, 5.41) is 0.688. The van der Waals surface area contributed by atoms with E-state index in [0.717, 1.165) is 25.7 Å². The van der Waals surface area contributed by atoms with Crippen molar-refractivity contribution in [3.8, 4) is 0 Å². The molecule has 1 N–H and O–H groups in total. The molecule has 0 radical (unpaired) electrons. The van der Waals surface area contributed by atoms with Crippen molar-refractivity contribution >= 4 is 26.0 Å². The fourth-order valence-corrected chi connectivity index (χ4v) is 4.27. The number of nitrogens with one attached hydrogen (secondary N) is 1. The molecule has 0 bridgehead atoms. The minimum atomic E-state index is -3.21. The second-order valence-corrected chi connectivity index (χ2v) is 6.64. The maximum absolute atomic E-state index is 11.8. The lowest BCUT2D eigenvalue weighted by molar-refractivity contribution is 0.163. The third-order valence-electron chi connectivity index (χ3n) is 2.89. The average molecular weight is 314 g/mol. The van der Waals surface area contributed by atoms with E-state index in [1.807, 2.05) is 6.92 Å². The average Bonchev–Trinajstić information content (AvgIpc) is 2.66. The first-order valence-corrected chi connectivity index (χ1v) is 8.46. The van der Waals surface area contributed by atoms with Crippen LogP contribution in [0.1, 0.15) is 32.6 Å². The van der Waals surface area contributed by atoms with Crippen LogP contribution < -0.4 is 4.72 Å². The van der Waals surface area contributed by atoms with Gasteiger partial charge in [0.05, 0.1) is 12.4 Å². The zero-order valence-electron chi connectivity index (χ0n) is 9.67. The normalized spacial score (nSPS) is 20.1. The fraction of sp³-hybridized carbons (Fsp3) is 1.00. The molecular formula is C10H20BrNO3S. The van der Waals surface area contributed by atoms with Crippen LogP contribution in [0.5, 0.6) is 0 Å². The van der Waals surface area contributed by atoms with Crippen molar-refractivity contribution in [2.24, 2.45) is 0 Å². The number of sulfonamides is 1. The van der Waals surface area contributed by atoms with Gasteiger partial charge in [-0.25, -0.2) is 13.1 Å². The Kier molecular flexibility index (Phi) is 5.70. The van der Waals surface area contributed by atoms with Crippen LogP contribution in [0.3, 0.4) is 0 Å². The highest BCUT2D eigenvalue weighted by molar-refractivity contribution is 9.09. The molecule has 0 saturated heterocycles. The molecule has 0 aromatic rings. The maximum Gasteiger partial charge on any atom is 0.214 e. The predicted molar refractivity (Wildman–Crippen MR) is 68.4 cm³/mol. The Bertz CT molecular complexity index is 299. The Hall–Kier alpha value is 0.350. The van der Waals surface area contributed by atoms with Crippen LogP contribution in [-0.2, 0) is 14.8 Å². The number of rotatable bonds is 7. The molecule has 1 rings (SSSR count). The largest absolute Gasteiger partial charge is 0.381 e. The van der Waals surface area contributed by atoms with Gasteiger partial charge in [-0.2, -0.15) is 0 Å². The minimum absolute atomic E-state index is 0.0512. The highest BCUT2D eigenvalue weighted by Gasteiger charge is 2.36. The number of alkyl halides is 1. The van der Waals surface area contributed by atoms with Gasteiger partial charge in [-0.1, -0.05) is 28.8 Å². The summed E-state index contributed by atoms with van der Waals surface area (Å²) in [4.78, 5) is 0. The zero-order valence-corrected chi connectivity index (χ0v) is 12.1. The van der Waals surface area contributed by atoms with Gasteiger partial charge in [0, 0.05) is 17.5 Å². The van der Waals surface area contributed by atoms with Crippen LogP contribution in [0.2, 0.25) is 0 Å². The Morgan fingerprint density at radius 1 is 1.38 bits per heavy atom. The van der Waals surface area contributed by atoms with Gasteiger partial charge in [0.15, 0.2) is 0 Å². The van der Waals surface area contributed by atoms with Gasteiger partial charge in [-0.05, 0) is 19.8 Å². The van der Waals surface area contributed by atoms with E-state index < -0.39 is 10.0 Å². The minimum Gasteiger partial charge on any atom is -0.381 e. The van der Waals surface area contributed by atoms with E-state index >= 15 is 0 Å². The molecule has 4 nitrogen and oxygen atoms in total. The molecule has 0 aromatic heterocycles. The molecule has 0 spiro atoms. The number of ether oxygens (including phenoxy) is 1. The summed E-state index contributed by atoms with van der Waals surface area (Å²) in [6.45, 7) is 2.68. The topological polar surface area (TPSA) is 55.4 Å². The van der Waals surface area contributed by atoms with E-state index in [4.69, 9.17) is 4.74 Å². The standard InChI is InChI=1S/C10H20BrNO3S/c1-2-15-7-8-16(13,14)12-10(9-11)5-3-4-6-10/h12H,2-9H2,1H3. The smallest absolute Gasteiger partial charge is 0.214 e. The maximum atomic E-state index is 11.8. The van der Waals surface area contributed by atoms with Crippen molar-refractivity contribution in [1.82, 2.24) is 4.72 Å². The van der Waals surface area contributed by atoms with Crippen molar-refractivity contribution in [2.75, 3.05) is 24.3 Å². The van der Waals surface area contributed by atoms with E-state index in [1.165, 1.54) is 0 Å². The van der Waals surface area contributed by atoms with Gasteiger partial charge < -0.3 is 4.74 Å². The quantitative estimate of drug-likeness (QED) is 0.574. The van der Waals surface area contributed by atoms with E-state index in [2.05, 4.69) is 20.7 Å². The van der Waals surface area contributed by atoms with Gasteiger partial charge in [0.2, 0.25) is 10.0 Å². The molecule has 1 aliphatic carbocycles. The van der Waals surface area contributed by atoms with Crippen molar-refractivity contribution in [2.45, 2.75) is 38.1 Å². The summed E-state index contributed by atoms with van der Waals surface area (Å²) in [7, 11) is -3.21. The van der Waals surface area contributed by atoms with Crippen LogP contribution in [0.15, 0.2) is 0 Å². The fourth-order valence-electron chi connectivity index (χ4n) is 2.01. The van der Waals surface area contributed by atoms with Crippen molar-refractivity contribution in [1.29, 1.82) is 0 Å². The van der Waals surface area contributed by atoms with Crippen LogP contribution in [0, 0.1) is 0 Å². The zero-order chi connectivity index (χ0) is 12.1. The third-order valence-corrected chi connectivity index (χ3v) is 5.41. The molecule has 16 heavy (non-hydrogen) atoms. The van der Waals surface area contributed by atoms with Crippen molar-refractivity contribution < 1.29 is 13.2 Å². The van der Waals surface area contributed by atoms with Crippen LogP contribution in [0.4, 0.5) is 0 Å². The lowest BCUT2D eigenvalue weighted by Crippen LogP contribution is -2.48. The van der Waals surface area contributed by atoms with Crippen LogP contribution in [0.25, 0.3) is 0 Å². The van der Waals surface area contributed by atoms with Gasteiger partial charge in [-0.3, -0.25) is 0 Å². The molecular weight excluding hydrogens is 294 g/mol. The molecule has 0 aromatic carbocycles. The number of hydrogen-bond donors (Lipinski definition) is 1. The highest BCUT2D eigenvalue weighted by atomic mass is 79.9. The van der Waals surface area contributed by atoms with Gasteiger partial charge >= 0.3 is 0 Å². The Morgan fingerprint density at radius 3 is 2.50 bits per heavy atom. The molecule has 0 unspecified atom stereocenters. The number of hydrogen-bond acceptors (Lipinski definition) is 3. The molecule has 1 aliphatic rings. The van der Waals surface area contributed by atoms with E-state index in [1.54, 1.807) is 0 Å². The first-order valence-electron chi connectivity index (χ1n) is 5.69. The lowest BCUT2D eigenvalue weighted by Gasteiger charge is -2.27. The Balaban J connectivity index is 2.50. The van der Waals surface area contributed by atoms with Crippen molar-refractivity contribution in [3.63, 3.8) is 0 Å². The monoisotopic (exact) mass is 313 g/mol. The molecule has 0 atom stereocenters. The van der Waals surface area contributed by atoms with Gasteiger partial charge in [-0.15, -0.1) is 0 Å². The van der Waals surface area contributed by atoms with Crippen molar-refractivity contribution in [3.05, 3.63) is 0 Å². The third kappa shape index (κ3) is 4.31. The molecule has 0 aliphatic heterocycles. The molecule has 0 heterocycles. The summed E-state index contributed by atoms with van der Waals surface area (Å²) in [6, 6.07) is 0. The predicted octanol–water partition coefficient (Wildman–Crippen LogP) is 1.65. The molecule has 96 valence electrons. The summed E-state index contributed by atoms with van der Waals surface area (Å²) >= 11 is 3.41. The summed E-state index contributed by atoms with van der Waals surface area (Å²) < 4.78 is 31.5. The highest BCUT2D eigenvalue weighted by Crippen LogP contribution is 2.31. The summed E-state index contributed by atoms with van der Waals surface area (Å²) in [6.07, 6.45) is 4.04. The summed E-state index contributed by atoms with van der Waals surface area (Å²) in [5.41, 5.74) is -0.259. The van der Waals surface area contributed by atoms with E-state index in [9.17, 15) is 8.42 Å². The van der Waals surface area contributed by atoms with Gasteiger partial charge in [0.1, 0.15) is 0 Å². The van der Waals surface area contributed by atoms with E-state index in [0.29, 0.717) is 11.9 Å². The second-order valence-electron chi connectivity index (χ2n) is 4.24. The van der Waals surface area contributed by atoms with Crippen LogP contribution >= 0.6 is 15.9 Å². The Morgan fingerprint density at radius 2 is 2.00 bits per heavy atom. The molecule has 0 amide bonds. The SMILES string of the molecule is CCOCCS(=O)(=O)NC1(CBr)CCCC1. The second kappa shape index (κ2) is 6.33. The molecule has 6 heteroatoms. The first kappa shape index (κ1) is 14.4. The van der Waals surface area contributed by atoms with Gasteiger partial charge in [0.25, 0.3) is 0 Å². The summed E-state index contributed by atoms with van der Waals surface area (Å²) in [5.74, 6) is 0.0512. The number of halogens is 1. The molecule has 1 fully saturated rings.